The summed E-state index contributed by atoms with van der Waals surface area (Å²) >= 11 is 5.95. The van der Waals surface area contributed by atoms with Crippen LogP contribution < -0.4 is 4.72 Å². The molecule has 0 bridgehead atoms. The molecule has 116 valence electrons. The van der Waals surface area contributed by atoms with Crippen LogP contribution in [0.25, 0.3) is 0 Å². The standard InChI is InChI=1S/C14H19ClN2O3S/c1-10-4-3-7-17(9-10)14(18)12-8-11(15)5-6-13(12)16-21(2,19)20/h5-6,8,10,16H,3-4,7,9H2,1-2H3. The number of halogens is 1. The van der Waals surface area contributed by atoms with E-state index >= 15 is 0 Å². The van der Waals surface area contributed by atoms with Crippen molar-refractivity contribution < 1.29 is 13.2 Å². The molecule has 1 unspecified atom stereocenters. The summed E-state index contributed by atoms with van der Waals surface area (Å²) in [5, 5.41) is 0.405. The minimum absolute atomic E-state index is 0.185. The van der Waals surface area contributed by atoms with Crippen molar-refractivity contribution in [3.63, 3.8) is 0 Å². The van der Waals surface area contributed by atoms with Crippen LogP contribution in [0.5, 0.6) is 0 Å². The SMILES string of the molecule is CC1CCCN(C(=O)c2cc(Cl)ccc2NS(C)(=O)=O)C1. The minimum Gasteiger partial charge on any atom is -0.338 e. The van der Waals surface area contributed by atoms with E-state index in [1.54, 1.807) is 11.0 Å². The van der Waals surface area contributed by atoms with Gasteiger partial charge in [-0.1, -0.05) is 18.5 Å². The second kappa shape index (κ2) is 6.23. The zero-order valence-electron chi connectivity index (χ0n) is 12.1. The number of hydrogen-bond acceptors (Lipinski definition) is 3. The lowest BCUT2D eigenvalue weighted by molar-refractivity contribution is 0.0684. The van der Waals surface area contributed by atoms with Gasteiger partial charge in [0.15, 0.2) is 0 Å². The second-order valence-corrected chi connectivity index (χ2v) is 7.75. The molecule has 1 aliphatic heterocycles. The first-order valence-corrected chi connectivity index (χ1v) is 9.10. The molecule has 0 aromatic heterocycles. The number of benzene rings is 1. The zero-order chi connectivity index (χ0) is 15.6. The summed E-state index contributed by atoms with van der Waals surface area (Å²) in [7, 11) is -3.45. The Hall–Kier alpha value is -1.27. The van der Waals surface area contributed by atoms with E-state index < -0.39 is 10.0 Å². The number of sulfonamides is 1. The first-order valence-electron chi connectivity index (χ1n) is 6.83. The van der Waals surface area contributed by atoms with E-state index in [1.807, 2.05) is 0 Å². The number of carbonyl (C=O) groups excluding carboxylic acids is 1. The number of anilines is 1. The third-order valence-corrected chi connectivity index (χ3v) is 4.28. The van der Waals surface area contributed by atoms with Gasteiger partial charge in [-0.05, 0) is 37.0 Å². The molecule has 1 saturated heterocycles. The molecule has 0 saturated carbocycles. The summed E-state index contributed by atoms with van der Waals surface area (Å²) in [5.74, 6) is 0.267. The summed E-state index contributed by atoms with van der Waals surface area (Å²) in [6, 6.07) is 4.59. The molecule has 21 heavy (non-hydrogen) atoms. The number of nitrogens with zero attached hydrogens (tertiary/aromatic N) is 1. The van der Waals surface area contributed by atoms with Gasteiger partial charge in [0, 0.05) is 18.1 Å². The van der Waals surface area contributed by atoms with Gasteiger partial charge in [-0.2, -0.15) is 0 Å². The van der Waals surface area contributed by atoms with Gasteiger partial charge in [0.1, 0.15) is 0 Å². The van der Waals surface area contributed by atoms with E-state index in [4.69, 9.17) is 11.6 Å². The van der Waals surface area contributed by atoms with Crippen LogP contribution in [0.3, 0.4) is 0 Å². The van der Waals surface area contributed by atoms with Crippen molar-refractivity contribution in [3.05, 3.63) is 28.8 Å². The molecule has 1 aliphatic rings. The van der Waals surface area contributed by atoms with E-state index in [1.165, 1.54) is 12.1 Å². The van der Waals surface area contributed by atoms with Crippen molar-refractivity contribution in [1.82, 2.24) is 4.90 Å². The lowest BCUT2D eigenvalue weighted by atomic mass is 9.99. The van der Waals surface area contributed by atoms with E-state index in [9.17, 15) is 13.2 Å². The van der Waals surface area contributed by atoms with Gasteiger partial charge in [0.2, 0.25) is 10.0 Å². The van der Waals surface area contributed by atoms with Gasteiger partial charge in [-0.25, -0.2) is 8.42 Å². The highest BCUT2D eigenvalue weighted by Crippen LogP contribution is 2.25. The molecule has 7 heteroatoms. The Morgan fingerprint density at radius 3 is 2.76 bits per heavy atom. The topological polar surface area (TPSA) is 66.5 Å². The lowest BCUT2D eigenvalue weighted by Crippen LogP contribution is -2.39. The molecule has 2 rings (SSSR count). The first kappa shape index (κ1) is 16.1. The van der Waals surface area contributed by atoms with Gasteiger partial charge < -0.3 is 4.90 Å². The summed E-state index contributed by atoms with van der Waals surface area (Å²) in [4.78, 5) is 14.4. The summed E-state index contributed by atoms with van der Waals surface area (Å²) in [6.45, 7) is 3.48. The molecule has 1 aromatic rings. The predicted molar refractivity (Wildman–Crippen MR) is 84.2 cm³/mol. The molecule has 1 heterocycles. The highest BCUT2D eigenvalue weighted by Gasteiger charge is 2.24. The van der Waals surface area contributed by atoms with Crippen LogP contribution in [0, 0.1) is 5.92 Å². The number of amides is 1. The Balaban J connectivity index is 2.32. The molecular weight excluding hydrogens is 312 g/mol. The molecular formula is C14H19ClN2O3S. The molecule has 1 amide bonds. The van der Waals surface area contributed by atoms with Crippen LogP contribution in [-0.4, -0.2) is 38.6 Å². The summed E-state index contributed by atoms with van der Waals surface area (Å²) in [5.41, 5.74) is 0.562. The Morgan fingerprint density at radius 1 is 1.43 bits per heavy atom. The van der Waals surface area contributed by atoms with Crippen LogP contribution in [-0.2, 0) is 10.0 Å². The van der Waals surface area contributed by atoms with Crippen LogP contribution in [0.15, 0.2) is 18.2 Å². The van der Waals surface area contributed by atoms with Crippen molar-refractivity contribution in [2.45, 2.75) is 19.8 Å². The second-order valence-electron chi connectivity index (χ2n) is 5.56. The smallest absolute Gasteiger partial charge is 0.256 e. The molecule has 0 aliphatic carbocycles. The predicted octanol–water partition coefficient (Wildman–Crippen LogP) is 2.58. The lowest BCUT2D eigenvalue weighted by Gasteiger charge is -2.31. The highest BCUT2D eigenvalue weighted by atomic mass is 35.5. The summed E-state index contributed by atoms with van der Waals surface area (Å²) < 4.78 is 25.2. The van der Waals surface area contributed by atoms with Crippen LogP contribution in [0.4, 0.5) is 5.69 Å². The van der Waals surface area contributed by atoms with Crippen molar-refractivity contribution in [2.24, 2.45) is 5.92 Å². The number of likely N-dealkylation sites (tertiary alicyclic amines) is 1. The van der Waals surface area contributed by atoms with E-state index in [0.717, 1.165) is 19.1 Å². The van der Waals surface area contributed by atoms with Gasteiger partial charge in [-0.3, -0.25) is 9.52 Å². The normalized spacial score (nSPS) is 19.4. The van der Waals surface area contributed by atoms with Crippen molar-refractivity contribution in [1.29, 1.82) is 0 Å². The van der Waals surface area contributed by atoms with Crippen molar-refractivity contribution >= 4 is 33.2 Å². The molecule has 1 atom stereocenters. The minimum atomic E-state index is -3.45. The maximum absolute atomic E-state index is 12.6. The Labute approximate surface area is 130 Å². The highest BCUT2D eigenvalue weighted by molar-refractivity contribution is 7.92. The molecule has 5 nitrogen and oxygen atoms in total. The fourth-order valence-corrected chi connectivity index (χ4v) is 3.28. The molecule has 0 spiro atoms. The average Bonchev–Trinajstić information content (AvgIpc) is 2.38. The average molecular weight is 331 g/mol. The number of rotatable bonds is 3. The van der Waals surface area contributed by atoms with E-state index in [0.29, 0.717) is 29.6 Å². The number of carbonyl (C=O) groups is 1. The number of piperidine rings is 1. The molecule has 1 fully saturated rings. The Kier molecular flexibility index (Phi) is 4.78. The Morgan fingerprint density at radius 2 is 2.14 bits per heavy atom. The molecule has 1 N–H and O–H groups in total. The van der Waals surface area contributed by atoms with Crippen LogP contribution in [0.2, 0.25) is 5.02 Å². The zero-order valence-corrected chi connectivity index (χ0v) is 13.7. The molecule has 0 radical (unpaired) electrons. The maximum Gasteiger partial charge on any atom is 0.256 e. The van der Waals surface area contributed by atoms with Crippen molar-refractivity contribution in [3.8, 4) is 0 Å². The van der Waals surface area contributed by atoms with Gasteiger partial charge in [-0.15, -0.1) is 0 Å². The molecule has 1 aromatic carbocycles. The number of nitrogens with one attached hydrogen (secondary N) is 1. The van der Waals surface area contributed by atoms with E-state index in [-0.39, 0.29) is 11.6 Å². The van der Waals surface area contributed by atoms with Gasteiger partial charge in [0.05, 0.1) is 17.5 Å². The fourth-order valence-electron chi connectivity index (χ4n) is 2.53. The largest absolute Gasteiger partial charge is 0.338 e. The summed E-state index contributed by atoms with van der Waals surface area (Å²) in [6.07, 6.45) is 3.12. The first-order chi connectivity index (χ1) is 9.76. The van der Waals surface area contributed by atoms with Crippen LogP contribution >= 0.6 is 11.6 Å². The number of hydrogen-bond donors (Lipinski definition) is 1. The van der Waals surface area contributed by atoms with Crippen LogP contribution in [0.1, 0.15) is 30.1 Å². The maximum atomic E-state index is 12.6. The third kappa shape index (κ3) is 4.35. The monoisotopic (exact) mass is 330 g/mol. The Bertz CT molecular complexity index is 646. The van der Waals surface area contributed by atoms with E-state index in [2.05, 4.69) is 11.6 Å². The third-order valence-electron chi connectivity index (χ3n) is 3.45. The van der Waals surface area contributed by atoms with Crippen molar-refractivity contribution in [2.75, 3.05) is 24.1 Å². The van der Waals surface area contributed by atoms with Gasteiger partial charge in [0.25, 0.3) is 5.91 Å². The van der Waals surface area contributed by atoms with Gasteiger partial charge >= 0.3 is 0 Å². The quantitative estimate of drug-likeness (QED) is 0.926. The fraction of sp³-hybridized carbons (Fsp3) is 0.500.